The van der Waals surface area contributed by atoms with Crippen molar-refractivity contribution in [2.75, 3.05) is 0 Å². The maximum atomic E-state index is 13.3. The number of carboxylic acids is 1. The largest absolute Gasteiger partial charge is 0.480 e. The van der Waals surface area contributed by atoms with Crippen LogP contribution in [0.3, 0.4) is 0 Å². The molecular weight excluding hydrogens is 274 g/mol. The van der Waals surface area contributed by atoms with E-state index in [1.807, 2.05) is 5.32 Å². The van der Waals surface area contributed by atoms with Gasteiger partial charge in [-0.15, -0.1) is 0 Å². The van der Waals surface area contributed by atoms with Gasteiger partial charge in [-0.05, 0) is 13.0 Å². The van der Waals surface area contributed by atoms with E-state index in [2.05, 4.69) is 5.32 Å². The van der Waals surface area contributed by atoms with Gasteiger partial charge >= 0.3 is 12.0 Å². The first-order valence-electron chi connectivity index (χ1n) is 5.70. The van der Waals surface area contributed by atoms with Crippen LogP contribution >= 0.6 is 0 Å². The number of hydrogen-bond acceptors (Lipinski definition) is 3. The lowest BCUT2D eigenvalue weighted by Crippen LogP contribution is -2.51. The van der Waals surface area contributed by atoms with Gasteiger partial charge in [-0.1, -0.05) is 6.07 Å². The lowest BCUT2D eigenvalue weighted by Gasteiger charge is -2.17. The monoisotopic (exact) mass is 288 g/mol. The van der Waals surface area contributed by atoms with Crippen LogP contribution in [0.15, 0.2) is 18.2 Å². The second kappa shape index (κ2) is 6.80. The Morgan fingerprint density at radius 3 is 2.50 bits per heavy atom. The third-order valence-corrected chi connectivity index (χ3v) is 2.49. The van der Waals surface area contributed by atoms with Crippen LogP contribution in [0.4, 0.5) is 13.6 Å². The van der Waals surface area contributed by atoms with Crippen LogP contribution in [0.25, 0.3) is 0 Å². The normalized spacial score (nSPS) is 13.4. The number of rotatable bonds is 5. The summed E-state index contributed by atoms with van der Waals surface area (Å²) in [6.45, 7) is 0.961. The molecule has 20 heavy (non-hydrogen) atoms. The SMILES string of the molecule is C[C@@H](O)[C@H](NC(=O)NCc1ccc(F)cc1F)C(=O)O. The molecule has 0 fully saturated rings. The molecule has 0 bridgehead atoms. The molecule has 110 valence electrons. The topological polar surface area (TPSA) is 98.7 Å². The molecule has 6 nitrogen and oxygen atoms in total. The summed E-state index contributed by atoms with van der Waals surface area (Å²) in [5.41, 5.74) is 0.0467. The van der Waals surface area contributed by atoms with Crippen LogP contribution in [-0.2, 0) is 11.3 Å². The highest BCUT2D eigenvalue weighted by molar-refractivity contribution is 5.82. The second-order valence-corrected chi connectivity index (χ2v) is 4.12. The number of benzene rings is 1. The summed E-state index contributed by atoms with van der Waals surface area (Å²) in [6, 6.07) is 0.502. The molecule has 0 saturated heterocycles. The van der Waals surface area contributed by atoms with Crippen molar-refractivity contribution in [3.05, 3.63) is 35.4 Å². The molecule has 0 heterocycles. The maximum Gasteiger partial charge on any atom is 0.328 e. The highest BCUT2D eigenvalue weighted by Gasteiger charge is 2.24. The summed E-state index contributed by atoms with van der Waals surface area (Å²) in [5, 5.41) is 22.1. The number of nitrogens with one attached hydrogen (secondary N) is 2. The van der Waals surface area contributed by atoms with Crippen molar-refractivity contribution in [1.29, 1.82) is 0 Å². The third kappa shape index (κ3) is 4.47. The standard InChI is InChI=1S/C12H14F2N2O4/c1-6(17)10(11(18)19)16-12(20)15-5-7-2-3-8(13)4-9(7)14/h2-4,6,10,17H,5H2,1H3,(H,18,19)(H2,15,16,20)/t6-,10+/m1/s1. The van der Waals surface area contributed by atoms with Crippen LogP contribution in [0.5, 0.6) is 0 Å². The highest BCUT2D eigenvalue weighted by atomic mass is 19.1. The number of aliphatic hydroxyl groups excluding tert-OH is 1. The molecule has 4 N–H and O–H groups in total. The van der Waals surface area contributed by atoms with Gasteiger partial charge < -0.3 is 20.8 Å². The van der Waals surface area contributed by atoms with E-state index in [0.29, 0.717) is 6.07 Å². The Labute approximate surface area is 113 Å². The zero-order chi connectivity index (χ0) is 15.3. The minimum Gasteiger partial charge on any atom is -0.480 e. The Balaban J connectivity index is 2.57. The van der Waals surface area contributed by atoms with Gasteiger partial charge in [0.25, 0.3) is 0 Å². The zero-order valence-electron chi connectivity index (χ0n) is 10.6. The van der Waals surface area contributed by atoms with Crippen molar-refractivity contribution in [3.63, 3.8) is 0 Å². The van der Waals surface area contributed by atoms with Gasteiger partial charge in [-0.3, -0.25) is 0 Å². The van der Waals surface area contributed by atoms with Gasteiger partial charge in [-0.2, -0.15) is 0 Å². The van der Waals surface area contributed by atoms with Gasteiger partial charge in [-0.25, -0.2) is 18.4 Å². The van der Waals surface area contributed by atoms with Crippen molar-refractivity contribution in [1.82, 2.24) is 10.6 Å². The average Bonchev–Trinajstić information content (AvgIpc) is 2.34. The van der Waals surface area contributed by atoms with Gasteiger partial charge in [0.2, 0.25) is 0 Å². The first kappa shape index (κ1) is 15.8. The number of carbonyl (C=O) groups excluding carboxylic acids is 1. The van der Waals surface area contributed by atoms with E-state index in [4.69, 9.17) is 10.2 Å². The third-order valence-electron chi connectivity index (χ3n) is 2.49. The lowest BCUT2D eigenvalue weighted by atomic mass is 10.2. The van der Waals surface area contributed by atoms with Crippen LogP contribution in [0.1, 0.15) is 12.5 Å². The Morgan fingerprint density at radius 1 is 1.35 bits per heavy atom. The number of aliphatic hydroxyl groups is 1. The molecular formula is C12H14F2N2O4. The molecule has 0 aromatic heterocycles. The summed E-state index contributed by atoms with van der Waals surface area (Å²) in [6.07, 6.45) is -1.29. The lowest BCUT2D eigenvalue weighted by molar-refractivity contribution is -0.141. The average molecular weight is 288 g/mol. The summed E-state index contributed by atoms with van der Waals surface area (Å²) in [4.78, 5) is 22.2. The molecule has 1 aromatic carbocycles. The Morgan fingerprint density at radius 2 is 2.00 bits per heavy atom. The van der Waals surface area contributed by atoms with Crippen LogP contribution < -0.4 is 10.6 Å². The summed E-state index contributed by atoms with van der Waals surface area (Å²) >= 11 is 0. The van der Waals surface area contributed by atoms with Crippen molar-refractivity contribution in [2.45, 2.75) is 25.6 Å². The molecule has 0 aliphatic heterocycles. The molecule has 2 amide bonds. The molecule has 8 heteroatoms. The summed E-state index contributed by atoms with van der Waals surface area (Å²) < 4.78 is 25.9. The van der Waals surface area contributed by atoms with E-state index in [0.717, 1.165) is 12.1 Å². The van der Waals surface area contributed by atoms with Crippen LogP contribution in [0.2, 0.25) is 0 Å². The fraction of sp³-hybridized carbons (Fsp3) is 0.333. The summed E-state index contributed by atoms with van der Waals surface area (Å²) in [7, 11) is 0. The predicted octanol–water partition coefficient (Wildman–Crippen LogP) is 0.598. The van der Waals surface area contributed by atoms with Gasteiger partial charge in [0.05, 0.1) is 6.10 Å². The van der Waals surface area contributed by atoms with Crippen LogP contribution in [-0.4, -0.2) is 34.4 Å². The smallest absolute Gasteiger partial charge is 0.328 e. The molecule has 2 atom stereocenters. The molecule has 0 aliphatic rings. The van der Waals surface area contributed by atoms with Crippen LogP contribution in [0, 0.1) is 11.6 Å². The molecule has 0 unspecified atom stereocenters. The Bertz CT molecular complexity index is 508. The highest BCUT2D eigenvalue weighted by Crippen LogP contribution is 2.08. The molecule has 0 aliphatic carbocycles. The van der Waals surface area contributed by atoms with E-state index in [-0.39, 0.29) is 12.1 Å². The number of aliphatic carboxylic acids is 1. The van der Waals surface area contributed by atoms with Crippen molar-refractivity contribution < 1.29 is 28.6 Å². The van der Waals surface area contributed by atoms with Gasteiger partial charge in [0, 0.05) is 18.2 Å². The maximum absolute atomic E-state index is 13.3. The summed E-state index contributed by atoms with van der Waals surface area (Å²) in [5.74, 6) is -2.96. The fourth-order valence-electron chi connectivity index (χ4n) is 1.42. The quantitative estimate of drug-likeness (QED) is 0.637. The minimum absolute atomic E-state index is 0.0467. The number of amides is 2. The molecule has 0 radical (unpaired) electrons. The van der Waals surface area contributed by atoms with Gasteiger partial charge in [0.15, 0.2) is 6.04 Å². The first-order valence-corrected chi connectivity index (χ1v) is 5.70. The second-order valence-electron chi connectivity index (χ2n) is 4.12. The molecule has 1 rings (SSSR count). The Kier molecular flexibility index (Phi) is 5.39. The number of hydrogen-bond donors (Lipinski definition) is 4. The number of carbonyl (C=O) groups is 2. The molecule has 0 saturated carbocycles. The number of carboxylic acid groups (broad SMARTS) is 1. The minimum atomic E-state index is -1.48. The Hall–Kier alpha value is -2.22. The zero-order valence-corrected chi connectivity index (χ0v) is 10.6. The van der Waals surface area contributed by atoms with E-state index in [9.17, 15) is 18.4 Å². The van der Waals surface area contributed by atoms with E-state index >= 15 is 0 Å². The fourth-order valence-corrected chi connectivity index (χ4v) is 1.42. The van der Waals surface area contributed by atoms with E-state index < -0.39 is 35.8 Å². The van der Waals surface area contributed by atoms with Crippen molar-refractivity contribution >= 4 is 12.0 Å². The van der Waals surface area contributed by atoms with E-state index in [1.165, 1.54) is 6.92 Å². The van der Waals surface area contributed by atoms with Gasteiger partial charge in [0.1, 0.15) is 11.6 Å². The van der Waals surface area contributed by atoms with E-state index in [1.54, 1.807) is 0 Å². The van der Waals surface area contributed by atoms with Crippen molar-refractivity contribution in [2.24, 2.45) is 0 Å². The molecule has 1 aromatic rings. The number of urea groups is 1. The molecule has 0 spiro atoms. The van der Waals surface area contributed by atoms with Crippen molar-refractivity contribution in [3.8, 4) is 0 Å². The number of halogens is 2. The first-order chi connectivity index (χ1) is 9.31. The predicted molar refractivity (Wildman–Crippen MR) is 64.8 cm³/mol.